The molecule has 0 saturated carbocycles. The third-order valence-corrected chi connectivity index (χ3v) is 4.10. The molecule has 2 aromatic carbocycles. The van der Waals surface area contributed by atoms with E-state index in [1.165, 1.54) is 12.1 Å². The zero-order valence-electron chi connectivity index (χ0n) is 13.4. The smallest absolute Gasteiger partial charge is 0.254 e. The van der Waals surface area contributed by atoms with Crippen LogP contribution in [-0.4, -0.2) is 15.8 Å². The van der Waals surface area contributed by atoms with Gasteiger partial charge in [0.1, 0.15) is 17.3 Å². The highest BCUT2D eigenvalue weighted by Crippen LogP contribution is 2.26. The highest BCUT2D eigenvalue weighted by Gasteiger charge is 2.25. The van der Waals surface area contributed by atoms with E-state index in [1.54, 1.807) is 47.5 Å². The molecule has 0 saturated heterocycles. The van der Waals surface area contributed by atoms with Crippen molar-refractivity contribution in [2.45, 2.75) is 13.1 Å². The lowest BCUT2D eigenvalue weighted by atomic mass is 10.2. The Morgan fingerprint density at radius 2 is 1.84 bits per heavy atom. The minimum atomic E-state index is -0.321. The summed E-state index contributed by atoms with van der Waals surface area (Å²) in [5.74, 6) is 0.664. The Kier molecular flexibility index (Phi) is 3.90. The zero-order valence-corrected chi connectivity index (χ0v) is 13.4. The van der Waals surface area contributed by atoms with E-state index in [-0.39, 0.29) is 11.7 Å². The standard InChI is InChI=1S/C20H15FN2O2/c21-16-6-8-17(9-7-16)25-18-5-1-3-14(11-18)20(24)23-12-15-4-2-10-22-19(15)13-23/h1-11H,12-13H2. The highest BCUT2D eigenvalue weighted by molar-refractivity contribution is 5.94. The zero-order chi connectivity index (χ0) is 17.2. The van der Waals surface area contributed by atoms with Gasteiger partial charge in [0, 0.05) is 18.3 Å². The lowest BCUT2D eigenvalue weighted by Crippen LogP contribution is -2.25. The lowest BCUT2D eigenvalue weighted by Gasteiger charge is -2.15. The summed E-state index contributed by atoms with van der Waals surface area (Å²) >= 11 is 0. The topological polar surface area (TPSA) is 42.4 Å². The van der Waals surface area contributed by atoms with Gasteiger partial charge in [0.15, 0.2) is 0 Å². The number of pyridine rings is 1. The van der Waals surface area contributed by atoms with Crippen molar-refractivity contribution in [3.05, 3.63) is 89.5 Å². The van der Waals surface area contributed by atoms with Gasteiger partial charge in [0.25, 0.3) is 5.91 Å². The minimum absolute atomic E-state index is 0.0671. The van der Waals surface area contributed by atoms with E-state index < -0.39 is 0 Å². The summed E-state index contributed by atoms with van der Waals surface area (Å²) in [5, 5.41) is 0. The lowest BCUT2D eigenvalue weighted by molar-refractivity contribution is 0.0750. The molecule has 1 amide bonds. The third kappa shape index (κ3) is 3.21. The summed E-state index contributed by atoms with van der Waals surface area (Å²) in [6, 6.07) is 16.6. The van der Waals surface area contributed by atoms with Crippen LogP contribution in [0.2, 0.25) is 0 Å². The fourth-order valence-electron chi connectivity index (χ4n) is 2.86. The highest BCUT2D eigenvalue weighted by atomic mass is 19.1. The van der Waals surface area contributed by atoms with Crippen molar-refractivity contribution in [2.24, 2.45) is 0 Å². The summed E-state index contributed by atoms with van der Waals surface area (Å²) in [6.07, 6.45) is 1.74. The van der Waals surface area contributed by atoms with Crippen LogP contribution in [0.1, 0.15) is 21.6 Å². The van der Waals surface area contributed by atoms with Crippen LogP contribution in [0.15, 0.2) is 66.9 Å². The summed E-state index contributed by atoms with van der Waals surface area (Å²) in [6.45, 7) is 1.07. The molecule has 0 atom stereocenters. The predicted molar refractivity (Wildman–Crippen MR) is 90.7 cm³/mol. The number of fused-ring (bicyclic) bond motifs is 1. The maximum Gasteiger partial charge on any atom is 0.254 e. The largest absolute Gasteiger partial charge is 0.457 e. The van der Waals surface area contributed by atoms with E-state index in [2.05, 4.69) is 4.98 Å². The molecular weight excluding hydrogens is 319 g/mol. The molecule has 1 aliphatic rings. The maximum absolute atomic E-state index is 13.0. The van der Waals surface area contributed by atoms with Crippen LogP contribution in [0.5, 0.6) is 11.5 Å². The van der Waals surface area contributed by atoms with Crippen LogP contribution in [0.3, 0.4) is 0 Å². The second kappa shape index (κ2) is 6.36. The Balaban J connectivity index is 1.51. The number of halogens is 1. The summed E-state index contributed by atoms with van der Waals surface area (Å²) in [5.41, 5.74) is 2.57. The fourth-order valence-corrected chi connectivity index (χ4v) is 2.86. The van der Waals surface area contributed by atoms with Crippen molar-refractivity contribution in [3.8, 4) is 11.5 Å². The molecule has 2 heterocycles. The van der Waals surface area contributed by atoms with Gasteiger partial charge in [0.05, 0.1) is 12.2 Å². The molecule has 0 radical (unpaired) electrons. The van der Waals surface area contributed by atoms with Crippen molar-refractivity contribution >= 4 is 5.91 Å². The first-order chi connectivity index (χ1) is 12.2. The van der Waals surface area contributed by atoms with Gasteiger partial charge < -0.3 is 9.64 Å². The molecule has 0 N–H and O–H groups in total. The molecule has 0 fully saturated rings. The average molecular weight is 334 g/mol. The van der Waals surface area contributed by atoms with Crippen LogP contribution in [0.4, 0.5) is 4.39 Å². The van der Waals surface area contributed by atoms with Gasteiger partial charge in [-0.1, -0.05) is 12.1 Å². The van der Waals surface area contributed by atoms with E-state index in [0.29, 0.717) is 30.2 Å². The van der Waals surface area contributed by atoms with Gasteiger partial charge in [-0.2, -0.15) is 0 Å². The van der Waals surface area contributed by atoms with E-state index in [9.17, 15) is 9.18 Å². The van der Waals surface area contributed by atoms with Gasteiger partial charge in [0.2, 0.25) is 0 Å². The molecule has 0 spiro atoms. The summed E-state index contributed by atoms with van der Waals surface area (Å²) in [4.78, 5) is 18.8. The first-order valence-electron chi connectivity index (χ1n) is 7.94. The molecule has 1 aliphatic heterocycles. The number of nitrogens with zero attached hydrogens (tertiary/aromatic N) is 2. The molecule has 4 rings (SSSR count). The van der Waals surface area contributed by atoms with Crippen LogP contribution in [-0.2, 0) is 13.1 Å². The van der Waals surface area contributed by atoms with Gasteiger partial charge >= 0.3 is 0 Å². The third-order valence-electron chi connectivity index (χ3n) is 4.10. The Morgan fingerprint density at radius 1 is 1.00 bits per heavy atom. The molecule has 5 heteroatoms. The van der Waals surface area contributed by atoms with E-state index in [1.807, 2.05) is 12.1 Å². The van der Waals surface area contributed by atoms with Gasteiger partial charge in [-0.3, -0.25) is 9.78 Å². The molecule has 3 aromatic rings. The molecular formula is C20H15FN2O2. The quantitative estimate of drug-likeness (QED) is 0.722. The minimum Gasteiger partial charge on any atom is -0.457 e. The van der Waals surface area contributed by atoms with Crippen LogP contribution >= 0.6 is 0 Å². The molecule has 4 nitrogen and oxygen atoms in total. The second-order valence-electron chi connectivity index (χ2n) is 5.85. The van der Waals surface area contributed by atoms with Crippen LogP contribution in [0, 0.1) is 5.82 Å². The normalized spacial score (nSPS) is 12.8. The number of carbonyl (C=O) groups excluding carboxylic acids is 1. The number of benzene rings is 2. The Hall–Kier alpha value is -3.21. The Bertz CT molecular complexity index is 900. The van der Waals surface area contributed by atoms with Gasteiger partial charge in [-0.05, 0) is 54.1 Å². The first-order valence-corrected chi connectivity index (χ1v) is 7.94. The predicted octanol–water partition coefficient (Wildman–Crippen LogP) is 4.17. The van der Waals surface area contributed by atoms with Crippen molar-refractivity contribution in [3.63, 3.8) is 0 Å². The number of rotatable bonds is 3. The molecule has 1 aromatic heterocycles. The molecule has 0 unspecified atom stereocenters. The molecule has 25 heavy (non-hydrogen) atoms. The fraction of sp³-hybridized carbons (Fsp3) is 0.100. The van der Waals surface area contributed by atoms with E-state index in [0.717, 1.165) is 11.3 Å². The maximum atomic E-state index is 13.0. The Morgan fingerprint density at radius 3 is 2.64 bits per heavy atom. The SMILES string of the molecule is O=C(c1cccc(Oc2ccc(F)cc2)c1)N1Cc2cccnc2C1. The molecule has 0 bridgehead atoms. The number of hydrogen-bond acceptors (Lipinski definition) is 3. The van der Waals surface area contributed by atoms with Crippen molar-refractivity contribution in [1.29, 1.82) is 0 Å². The molecule has 0 aliphatic carbocycles. The van der Waals surface area contributed by atoms with Crippen molar-refractivity contribution in [1.82, 2.24) is 9.88 Å². The van der Waals surface area contributed by atoms with Crippen molar-refractivity contribution < 1.29 is 13.9 Å². The summed E-state index contributed by atoms with van der Waals surface area (Å²) in [7, 11) is 0. The van der Waals surface area contributed by atoms with E-state index in [4.69, 9.17) is 4.74 Å². The number of ether oxygens (including phenoxy) is 1. The Labute approximate surface area is 144 Å². The van der Waals surface area contributed by atoms with Crippen LogP contribution < -0.4 is 4.74 Å². The molecule has 124 valence electrons. The number of aromatic nitrogens is 1. The second-order valence-corrected chi connectivity index (χ2v) is 5.85. The van der Waals surface area contributed by atoms with Crippen LogP contribution in [0.25, 0.3) is 0 Å². The van der Waals surface area contributed by atoms with Gasteiger partial charge in [-0.25, -0.2) is 4.39 Å². The first kappa shape index (κ1) is 15.3. The monoisotopic (exact) mass is 334 g/mol. The number of carbonyl (C=O) groups is 1. The van der Waals surface area contributed by atoms with Gasteiger partial charge in [-0.15, -0.1) is 0 Å². The number of hydrogen-bond donors (Lipinski definition) is 0. The summed E-state index contributed by atoms with van der Waals surface area (Å²) < 4.78 is 18.7. The van der Waals surface area contributed by atoms with Crippen molar-refractivity contribution in [2.75, 3.05) is 0 Å². The average Bonchev–Trinajstić information content (AvgIpc) is 3.07. The number of amides is 1. The van der Waals surface area contributed by atoms with E-state index >= 15 is 0 Å².